The van der Waals surface area contributed by atoms with Crippen LogP contribution < -0.4 is 16.0 Å². The first-order valence-electron chi connectivity index (χ1n) is 18.7. The first kappa shape index (κ1) is 39.5. The summed E-state index contributed by atoms with van der Waals surface area (Å²) < 4.78 is 15.0. The average molecular weight is 773 g/mol. The molecule has 0 radical (unpaired) electrons. The summed E-state index contributed by atoms with van der Waals surface area (Å²) in [5, 5.41) is 8.41. The molecule has 4 amide bonds. The fourth-order valence-electron chi connectivity index (χ4n) is 7.14. The predicted octanol–water partition coefficient (Wildman–Crippen LogP) is 4.85. The zero-order valence-corrected chi connectivity index (χ0v) is 32.3. The summed E-state index contributed by atoms with van der Waals surface area (Å²) in [6.45, 7) is 8.46. The van der Waals surface area contributed by atoms with Crippen molar-refractivity contribution >= 4 is 41.4 Å². The number of benzene rings is 1. The van der Waals surface area contributed by atoms with Crippen molar-refractivity contribution in [2.75, 3.05) is 32.6 Å². The van der Waals surface area contributed by atoms with Crippen LogP contribution in [-0.4, -0.2) is 104 Å². The summed E-state index contributed by atoms with van der Waals surface area (Å²) in [6.07, 6.45) is 6.02. The Morgan fingerprint density at radius 3 is 1.86 bits per heavy atom. The standard InChI is InChI=1S/C38H48N10O8/c1-20(2)28(45-37(52)54-5)35(50)47-15-7-9-26(47)32-39-17-24(43-32)22-11-13-23(14-12-22)42-34-30(41-19-56-34)31(49)25-18-40-33(44-25)27-10-8-16-48(27)36(51)29(21(3)4)46-38(53)55-6/h11-14,17-21,26-29,42H,7-10,15-16H2,1-6H3,(H,39,43)(H,40,44)(H,45,52)(H,46,53)/t26-,27-,28-,29-/m0/s1. The van der Waals surface area contributed by atoms with Crippen molar-refractivity contribution in [1.82, 2.24) is 45.4 Å². The van der Waals surface area contributed by atoms with Gasteiger partial charge in [-0.25, -0.2) is 24.5 Å². The van der Waals surface area contributed by atoms with Crippen LogP contribution in [0.1, 0.15) is 93.3 Å². The van der Waals surface area contributed by atoms with Crippen LogP contribution in [0.25, 0.3) is 11.3 Å². The molecule has 2 fully saturated rings. The molecule has 2 aliphatic heterocycles. The number of imidazole rings is 2. The Labute approximate surface area is 323 Å². The zero-order valence-electron chi connectivity index (χ0n) is 32.3. The van der Waals surface area contributed by atoms with Crippen molar-refractivity contribution in [1.29, 1.82) is 0 Å². The number of H-pyrrole nitrogens is 2. The minimum atomic E-state index is -0.782. The van der Waals surface area contributed by atoms with Crippen LogP contribution in [0.15, 0.2) is 47.5 Å². The molecule has 1 aromatic carbocycles. The number of aromatic nitrogens is 5. The number of ether oxygens (including phenoxy) is 2. The third-order valence-corrected chi connectivity index (χ3v) is 10.1. The first-order chi connectivity index (χ1) is 26.9. The highest BCUT2D eigenvalue weighted by atomic mass is 16.5. The molecule has 6 rings (SSSR count). The van der Waals surface area contributed by atoms with Gasteiger partial charge in [0.2, 0.25) is 23.5 Å². The van der Waals surface area contributed by atoms with Crippen molar-refractivity contribution in [2.45, 2.75) is 77.5 Å². The summed E-state index contributed by atoms with van der Waals surface area (Å²) in [6, 6.07) is 5.18. The van der Waals surface area contributed by atoms with Gasteiger partial charge in [-0.1, -0.05) is 39.8 Å². The lowest BCUT2D eigenvalue weighted by atomic mass is 10.0. The van der Waals surface area contributed by atoms with E-state index in [-0.39, 0.29) is 47.0 Å². The Kier molecular flexibility index (Phi) is 12.0. The molecule has 3 aromatic heterocycles. The number of likely N-dealkylation sites (tertiary alicyclic amines) is 2. The van der Waals surface area contributed by atoms with E-state index in [0.717, 1.165) is 24.8 Å². The average Bonchev–Trinajstić information content (AvgIpc) is 4.04. The Bertz CT molecular complexity index is 2040. The smallest absolute Gasteiger partial charge is 0.407 e. The van der Waals surface area contributed by atoms with Crippen LogP contribution in [0.5, 0.6) is 0 Å². The van der Waals surface area contributed by atoms with Gasteiger partial charge in [0.1, 0.15) is 29.4 Å². The van der Waals surface area contributed by atoms with E-state index in [4.69, 9.17) is 18.9 Å². The van der Waals surface area contributed by atoms with Gasteiger partial charge in [0.05, 0.1) is 32.0 Å². The van der Waals surface area contributed by atoms with Crippen LogP contribution in [0, 0.1) is 11.8 Å². The molecule has 0 saturated carbocycles. The molecule has 0 unspecified atom stereocenters. The fraction of sp³-hybridized carbons (Fsp3) is 0.474. The highest BCUT2D eigenvalue weighted by Gasteiger charge is 2.39. The molecule has 4 atom stereocenters. The number of methoxy groups -OCH3 is 2. The molecule has 56 heavy (non-hydrogen) atoms. The number of amides is 4. The topological polar surface area (TPSA) is 230 Å². The number of nitrogens with one attached hydrogen (secondary N) is 5. The normalized spacial score (nSPS) is 17.9. The van der Waals surface area contributed by atoms with Crippen LogP contribution in [0.2, 0.25) is 0 Å². The lowest BCUT2D eigenvalue weighted by molar-refractivity contribution is -0.136. The van der Waals surface area contributed by atoms with Gasteiger partial charge in [0.15, 0.2) is 12.1 Å². The van der Waals surface area contributed by atoms with Gasteiger partial charge in [-0.15, -0.1) is 0 Å². The van der Waals surface area contributed by atoms with Gasteiger partial charge in [-0.2, -0.15) is 0 Å². The van der Waals surface area contributed by atoms with Crippen LogP contribution in [-0.2, 0) is 19.1 Å². The lowest BCUT2D eigenvalue weighted by Gasteiger charge is -2.29. The van der Waals surface area contributed by atoms with Crippen LogP contribution >= 0.6 is 0 Å². The van der Waals surface area contributed by atoms with Gasteiger partial charge in [0.25, 0.3) is 0 Å². The number of hydrogen-bond acceptors (Lipinski definition) is 12. The van der Waals surface area contributed by atoms with E-state index in [0.29, 0.717) is 42.5 Å². The van der Waals surface area contributed by atoms with Crippen LogP contribution in [0.3, 0.4) is 0 Å². The number of oxazole rings is 1. The summed E-state index contributed by atoms with van der Waals surface area (Å²) in [5.41, 5.74) is 2.27. The number of carbonyl (C=O) groups is 5. The highest BCUT2D eigenvalue weighted by Crippen LogP contribution is 2.34. The van der Waals surface area contributed by atoms with Crippen molar-refractivity contribution in [3.05, 3.63) is 66.1 Å². The molecule has 5 N–H and O–H groups in total. The molecule has 18 heteroatoms. The van der Waals surface area contributed by atoms with E-state index < -0.39 is 36.1 Å². The van der Waals surface area contributed by atoms with Crippen molar-refractivity contribution < 1.29 is 37.9 Å². The minimum absolute atomic E-state index is 0.0303. The van der Waals surface area contributed by atoms with Crippen molar-refractivity contribution in [3.8, 4) is 11.3 Å². The Hall–Kier alpha value is -6.20. The second kappa shape index (κ2) is 17.1. The molecule has 18 nitrogen and oxygen atoms in total. The maximum absolute atomic E-state index is 13.6. The van der Waals surface area contributed by atoms with E-state index in [9.17, 15) is 24.0 Å². The van der Waals surface area contributed by atoms with Crippen LogP contribution in [0.4, 0.5) is 21.2 Å². The molecule has 0 aliphatic carbocycles. The highest BCUT2D eigenvalue weighted by molar-refractivity contribution is 6.09. The van der Waals surface area contributed by atoms with E-state index >= 15 is 0 Å². The maximum atomic E-state index is 13.6. The molecule has 2 saturated heterocycles. The minimum Gasteiger partial charge on any atom is -0.453 e. The van der Waals surface area contributed by atoms with Gasteiger partial charge in [-0.3, -0.25) is 14.4 Å². The van der Waals surface area contributed by atoms with E-state index in [1.54, 1.807) is 16.0 Å². The van der Waals surface area contributed by atoms with Gasteiger partial charge < -0.3 is 49.6 Å². The van der Waals surface area contributed by atoms with E-state index in [1.165, 1.54) is 26.8 Å². The third kappa shape index (κ3) is 8.38. The molecule has 0 spiro atoms. The number of alkyl carbamates (subject to hydrolysis) is 2. The summed E-state index contributed by atoms with van der Waals surface area (Å²) in [7, 11) is 2.51. The number of anilines is 2. The Morgan fingerprint density at radius 2 is 1.32 bits per heavy atom. The largest absolute Gasteiger partial charge is 0.453 e. The first-order valence-corrected chi connectivity index (χ1v) is 18.7. The molecule has 298 valence electrons. The number of carbonyl (C=O) groups excluding carboxylic acids is 5. The monoisotopic (exact) mass is 772 g/mol. The Morgan fingerprint density at radius 1 is 0.786 bits per heavy atom. The van der Waals surface area contributed by atoms with E-state index in [1.807, 2.05) is 52.0 Å². The van der Waals surface area contributed by atoms with Gasteiger partial charge in [0, 0.05) is 36.7 Å². The molecule has 5 heterocycles. The second-order valence-corrected chi connectivity index (χ2v) is 14.5. The SMILES string of the molecule is COC(=O)N[C@H](C(=O)N1CCC[C@H]1c1nc(C(=O)c2ncoc2Nc2ccc(-c3c[nH]c([C@@H]4CCCN4C(=O)[C@@H](NC(=O)OC)C(C)C)n3)cc2)c[nH]1)C(C)C. The number of rotatable bonds is 13. The zero-order chi connectivity index (χ0) is 40.1. The molecular weight excluding hydrogens is 724 g/mol. The molecular formula is C38H48N10O8. The van der Waals surface area contributed by atoms with Gasteiger partial charge >= 0.3 is 12.2 Å². The van der Waals surface area contributed by atoms with E-state index in [2.05, 4.69) is 35.9 Å². The fourth-order valence-corrected chi connectivity index (χ4v) is 7.14. The molecule has 0 bridgehead atoms. The summed E-state index contributed by atoms with van der Waals surface area (Å²) >= 11 is 0. The number of aromatic amines is 2. The number of ketones is 1. The quantitative estimate of drug-likeness (QED) is 0.115. The van der Waals surface area contributed by atoms with Crippen molar-refractivity contribution in [2.24, 2.45) is 11.8 Å². The van der Waals surface area contributed by atoms with Crippen molar-refractivity contribution in [3.63, 3.8) is 0 Å². The number of hydrogen-bond donors (Lipinski definition) is 5. The van der Waals surface area contributed by atoms with Gasteiger partial charge in [-0.05, 0) is 49.7 Å². The lowest BCUT2D eigenvalue weighted by Crippen LogP contribution is -2.51. The Balaban J connectivity index is 1.10. The maximum Gasteiger partial charge on any atom is 0.407 e. The predicted molar refractivity (Wildman–Crippen MR) is 202 cm³/mol. The summed E-state index contributed by atoms with van der Waals surface area (Å²) in [5.74, 6) is 0.01000. The second-order valence-electron chi connectivity index (χ2n) is 14.5. The molecule has 4 aromatic rings. The number of nitrogens with zero attached hydrogens (tertiary/aromatic N) is 5. The molecule has 2 aliphatic rings. The third-order valence-electron chi connectivity index (χ3n) is 10.1. The summed E-state index contributed by atoms with van der Waals surface area (Å²) in [4.78, 5) is 87.8.